The molecule has 2 rings (SSSR count). The summed E-state index contributed by atoms with van der Waals surface area (Å²) in [5, 5.41) is 7.69. The number of aromatic nitrogens is 1. The van der Waals surface area contributed by atoms with E-state index in [-0.39, 0.29) is 5.91 Å². The van der Waals surface area contributed by atoms with Gasteiger partial charge in [-0.05, 0) is 19.2 Å². The van der Waals surface area contributed by atoms with E-state index < -0.39 is 0 Å². The molecule has 4 heteroatoms. The largest absolute Gasteiger partial charge is 0.324 e. The van der Waals surface area contributed by atoms with Gasteiger partial charge < -0.3 is 10.6 Å². The molecule has 1 aromatic carbocycles. The first-order chi connectivity index (χ1) is 7.81. The van der Waals surface area contributed by atoms with Crippen LogP contribution in [0.4, 0.5) is 5.69 Å². The summed E-state index contributed by atoms with van der Waals surface area (Å²) in [6, 6.07) is 7.65. The van der Waals surface area contributed by atoms with Crippen LogP contribution in [0.1, 0.15) is 0 Å². The molecule has 0 unspecified atom stereocenters. The second-order valence-electron chi connectivity index (χ2n) is 3.48. The number of pyridine rings is 1. The van der Waals surface area contributed by atoms with E-state index >= 15 is 0 Å². The van der Waals surface area contributed by atoms with Crippen molar-refractivity contribution in [2.75, 3.05) is 18.9 Å². The highest BCUT2D eigenvalue weighted by atomic mass is 16.1. The fourth-order valence-electron chi connectivity index (χ4n) is 1.59. The summed E-state index contributed by atoms with van der Waals surface area (Å²) in [5.74, 6) is -0.0492. The number of hydrogen-bond acceptors (Lipinski definition) is 3. The third kappa shape index (κ3) is 2.17. The normalized spacial score (nSPS) is 10.3. The van der Waals surface area contributed by atoms with Crippen LogP contribution in [0.3, 0.4) is 0 Å². The number of benzene rings is 1. The van der Waals surface area contributed by atoms with Crippen LogP contribution in [-0.4, -0.2) is 24.5 Å². The Morgan fingerprint density at radius 3 is 3.06 bits per heavy atom. The molecule has 0 saturated carbocycles. The Hall–Kier alpha value is -1.94. The quantitative estimate of drug-likeness (QED) is 0.813. The summed E-state index contributed by atoms with van der Waals surface area (Å²) in [6.07, 6.45) is 3.50. The number of hydrogen-bond donors (Lipinski definition) is 2. The Morgan fingerprint density at radius 1 is 1.38 bits per heavy atom. The zero-order valence-electron chi connectivity index (χ0n) is 9.03. The first kappa shape index (κ1) is 10.6. The predicted octanol–water partition coefficient (Wildman–Crippen LogP) is 1.39. The van der Waals surface area contributed by atoms with Crippen LogP contribution in [-0.2, 0) is 4.79 Å². The number of carbonyl (C=O) groups is 1. The Labute approximate surface area is 93.7 Å². The summed E-state index contributed by atoms with van der Waals surface area (Å²) in [6.45, 7) is 0.307. The molecular formula is C12H13N3O. The molecule has 0 fully saturated rings. The van der Waals surface area contributed by atoms with Crippen molar-refractivity contribution in [1.82, 2.24) is 10.3 Å². The van der Waals surface area contributed by atoms with Crippen molar-refractivity contribution in [1.29, 1.82) is 0 Å². The van der Waals surface area contributed by atoms with Crippen molar-refractivity contribution in [3.05, 3.63) is 36.7 Å². The highest BCUT2D eigenvalue weighted by Gasteiger charge is 2.03. The number of carbonyl (C=O) groups excluding carboxylic acids is 1. The third-order valence-corrected chi connectivity index (χ3v) is 2.29. The molecule has 2 N–H and O–H groups in total. The second-order valence-corrected chi connectivity index (χ2v) is 3.48. The maximum Gasteiger partial charge on any atom is 0.238 e. The van der Waals surface area contributed by atoms with Crippen LogP contribution in [0, 0.1) is 0 Å². The average molecular weight is 215 g/mol. The van der Waals surface area contributed by atoms with Gasteiger partial charge in [-0.1, -0.05) is 12.1 Å². The minimum absolute atomic E-state index is 0.0492. The number of nitrogens with one attached hydrogen (secondary N) is 2. The van der Waals surface area contributed by atoms with Gasteiger partial charge in [-0.2, -0.15) is 0 Å². The molecule has 4 nitrogen and oxygen atoms in total. The molecule has 0 spiro atoms. The molecule has 0 radical (unpaired) electrons. The predicted molar refractivity (Wildman–Crippen MR) is 64.3 cm³/mol. The van der Waals surface area contributed by atoms with Crippen LogP contribution >= 0.6 is 0 Å². The van der Waals surface area contributed by atoms with E-state index in [4.69, 9.17) is 0 Å². The van der Waals surface area contributed by atoms with Gasteiger partial charge in [-0.3, -0.25) is 9.78 Å². The molecule has 0 aliphatic heterocycles. The first-order valence-electron chi connectivity index (χ1n) is 5.08. The van der Waals surface area contributed by atoms with Gasteiger partial charge >= 0.3 is 0 Å². The average Bonchev–Trinajstić information content (AvgIpc) is 2.30. The van der Waals surface area contributed by atoms with Gasteiger partial charge in [-0.15, -0.1) is 0 Å². The molecule has 1 amide bonds. The maximum absolute atomic E-state index is 11.5. The monoisotopic (exact) mass is 215 g/mol. The van der Waals surface area contributed by atoms with E-state index in [9.17, 15) is 4.79 Å². The van der Waals surface area contributed by atoms with Crippen LogP contribution < -0.4 is 10.6 Å². The lowest BCUT2D eigenvalue weighted by Crippen LogP contribution is -2.25. The van der Waals surface area contributed by atoms with Gasteiger partial charge in [0.15, 0.2) is 0 Å². The van der Waals surface area contributed by atoms with E-state index in [1.807, 2.05) is 24.3 Å². The van der Waals surface area contributed by atoms with Gasteiger partial charge in [0.2, 0.25) is 5.91 Å². The summed E-state index contributed by atoms with van der Waals surface area (Å²) < 4.78 is 0. The van der Waals surface area contributed by atoms with Gasteiger partial charge in [-0.25, -0.2) is 0 Å². The highest BCUT2D eigenvalue weighted by molar-refractivity contribution is 6.02. The van der Waals surface area contributed by atoms with E-state index in [2.05, 4.69) is 15.6 Å². The maximum atomic E-state index is 11.5. The Balaban J connectivity index is 2.33. The van der Waals surface area contributed by atoms with E-state index in [1.165, 1.54) is 0 Å². The molecule has 0 aliphatic rings. The van der Waals surface area contributed by atoms with E-state index in [0.29, 0.717) is 6.54 Å². The lowest BCUT2D eigenvalue weighted by molar-refractivity contribution is -0.115. The minimum atomic E-state index is -0.0492. The topological polar surface area (TPSA) is 54.0 Å². The Morgan fingerprint density at radius 2 is 2.25 bits per heavy atom. The molecule has 2 aromatic rings. The number of likely N-dealkylation sites (N-methyl/N-ethyl adjacent to an activating group) is 1. The number of nitrogens with zero attached hydrogens (tertiary/aromatic N) is 1. The van der Waals surface area contributed by atoms with Gasteiger partial charge in [0.25, 0.3) is 0 Å². The first-order valence-corrected chi connectivity index (χ1v) is 5.08. The molecule has 1 aromatic heterocycles. The van der Waals surface area contributed by atoms with Gasteiger partial charge in [0.1, 0.15) is 0 Å². The van der Waals surface area contributed by atoms with Crippen molar-refractivity contribution in [3.63, 3.8) is 0 Å². The van der Waals surface area contributed by atoms with Crippen LogP contribution in [0.25, 0.3) is 10.8 Å². The second kappa shape index (κ2) is 4.72. The standard InChI is InChI=1S/C12H13N3O/c1-13-8-12(16)15-11-4-2-3-9-7-14-6-5-10(9)11/h2-7,13H,8H2,1H3,(H,15,16). The fourth-order valence-corrected chi connectivity index (χ4v) is 1.59. The van der Waals surface area contributed by atoms with E-state index in [1.54, 1.807) is 19.4 Å². The summed E-state index contributed by atoms with van der Waals surface area (Å²) in [5.41, 5.74) is 0.820. The molecular weight excluding hydrogens is 202 g/mol. The lowest BCUT2D eigenvalue weighted by Gasteiger charge is -2.07. The van der Waals surface area contributed by atoms with Crippen molar-refractivity contribution in [3.8, 4) is 0 Å². The molecule has 0 bridgehead atoms. The molecule has 0 aliphatic carbocycles. The lowest BCUT2D eigenvalue weighted by atomic mass is 10.1. The number of fused-ring (bicyclic) bond motifs is 1. The number of amides is 1. The van der Waals surface area contributed by atoms with Crippen molar-refractivity contribution < 1.29 is 4.79 Å². The molecule has 1 heterocycles. The summed E-state index contributed by atoms with van der Waals surface area (Å²) >= 11 is 0. The van der Waals surface area contributed by atoms with Gasteiger partial charge in [0.05, 0.1) is 6.54 Å². The van der Waals surface area contributed by atoms with Crippen molar-refractivity contribution >= 4 is 22.4 Å². The molecule has 16 heavy (non-hydrogen) atoms. The fraction of sp³-hybridized carbons (Fsp3) is 0.167. The summed E-state index contributed by atoms with van der Waals surface area (Å²) in [7, 11) is 1.74. The number of rotatable bonds is 3. The van der Waals surface area contributed by atoms with Crippen molar-refractivity contribution in [2.45, 2.75) is 0 Å². The minimum Gasteiger partial charge on any atom is -0.324 e. The van der Waals surface area contributed by atoms with Crippen molar-refractivity contribution in [2.24, 2.45) is 0 Å². The van der Waals surface area contributed by atoms with Crippen LogP contribution in [0.2, 0.25) is 0 Å². The van der Waals surface area contributed by atoms with Crippen LogP contribution in [0.5, 0.6) is 0 Å². The zero-order valence-corrected chi connectivity index (χ0v) is 9.03. The molecule has 0 saturated heterocycles. The molecule has 82 valence electrons. The van der Waals surface area contributed by atoms with E-state index in [0.717, 1.165) is 16.5 Å². The molecule has 0 atom stereocenters. The Bertz CT molecular complexity index is 505. The van der Waals surface area contributed by atoms with Gasteiger partial charge in [0, 0.05) is 28.9 Å². The SMILES string of the molecule is CNCC(=O)Nc1cccc2cnccc12. The third-order valence-electron chi connectivity index (χ3n) is 2.29. The number of anilines is 1. The summed E-state index contributed by atoms with van der Waals surface area (Å²) in [4.78, 5) is 15.5. The van der Waals surface area contributed by atoms with Crippen LogP contribution in [0.15, 0.2) is 36.7 Å². The highest BCUT2D eigenvalue weighted by Crippen LogP contribution is 2.21. The Kier molecular flexibility index (Phi) is 3.12. The zero-order chi connectivity index (χ0) is 11.4. The smallest absolute Gasteiger partial charge is 0.238 e.